The molecule has 0 aromatic heterocycles. The lowest BCUT2D eigenvalue weighted by Gasteiger charge is -2.35. The van der Waals surface area contributed by atoms with E-state index < -0.39 is 5.41 Å². The van der Waals surface area contributed by atoms with Crippen LogP contribution in [0.25, 0.3) is 0 Å². The van der Waals surface area contributed by atoms with E-state index in [0.717, 1.165) is 24.0 Å². The molecule has 0 spiro atoms. The Bertz CT molecular complexity index is 786. The van der Waals surface area contributed by atoms with Gasteiger partial charge in [-0.05, 0) is 48.2 Å². The van der Waals surface area contributed by atoms with E-state index in [9.17, 15) is 14.3 Å². The Hall–Kier alpha value is -2.40. The number of carbonyl (C=O) groups is 1. The molecule has 25 heavy (non-hydrogen) atoms. The summed E-state index contributed by atoms with van der Waals surface area (Å²) in [6, 6.07) is 13.2. The monoisotopic (exact) mass is 341 g/mol. The third-order valence-electron chi connectivity index (χ3n) is 5.15. The summed E-state index contributed by atoms with van der Waals surface area (Å²) in [7, 11) is 0. The van der Waals surface area contributed by atoms with Crippen LogP contribution in [0.5, 0.6) is 5.75 Å². The van der Waals surface area contributed by atoms with E-state index in [-0.39, 0.29) is 23.6 Å². The van der Waals surface area contributed by atoms with E-state index in [1.54, 1.807) is 30.3 Å². The zero-order valence-electron chi connectivity index (χ0n) is 13.8. The number of hydrogen-bond donors (Lipinski definition) is 1. The van der Waals surface area contributed by atoms with Gasteiger partial charge in [-0.2, -0.15) is 0 Å². The summed E-state index contributed by atoms with van der Waals surface area (Å²) in [6.45, 7) is 1.48. The maximum Gasteiger partial charge on any atom is 0.233 e. The minimum Gasteiger partial charge on any atom is -0.508 e. The predicted molar refractivity (Wildman–Crippen MR) is 90.7 cm³/mol. The standard InChI is InChI=1S/C20H20FNO3/c21-16-6-4-15(5-7-16)20(8-9-20)19(24)22-10-11-25-18(13-22)14-2-1-3-17(23)12-14/h1-7,12,18,23H,8-11,13H2/t18-/m1/s1. The minimum absolute atomic E-state index is 0.0903. The second-order valence-corrected chi connectivity index (χ2v) is 6.79. The van der Waals surface area contributed by atoms with Gasteiger partial charge in [-0.25, -0.2) is 4.39 Å². The van der Waals surface area contributed by atoms with E-state index in [4.69, 9.17) is 4.74 Å². The molecule has 130 valence electrons. The van der Waals surface area contributed by atoms with Crippen molar-refractivity contribution < 1.29 is 19.0 Å². The highest BCUT2D eigenvalue weighted by molar-refractivity contribution is 5.91. The number of carbonyl (C=O) groups excluding carboxylic acids is 1. The van der Waals surface area contributed by atoms with Crippen LogP contribution in [0.3, 0.4) is 0 Å². The third kappa shape index (κ3) is 3.00. The first-order valence-electron chi connectivity index (χ1n) is 8.54. The van der Waals surface area contributed by atoms with Gasteiger partial charge >= 0.3 is 0 Å². The average Bonchev–Trinajstić information content (AvgIpc) is 3.44. The number of phenols is 1. The first kappa shape index (κ1) is 16.1. The summed E-state index contributed by atoms with van der Waals surface area (Å²) in [5, 5.41) is 9.66. The molecule has 1 saturated carbocycles. The number of morpholine rings is 1. The van der Waals surface area contributed by atoms with Crippen LogP contribution in [-0.4, -0.2) is 35.6 Å². The summed E-state index contributed by atoms with van der Waals surface area (Å²) in [5.41, 5.74) is 1.25. The summed E-state index contributed by atoms with van der Waals surface area (Å²) in [4.78, 5) is 15.0. The molecule has 1 amide bonds. The summed E-state index contributed by atoms with van der Waals surface area (Å²) in [6.07, 6.45) is 1.35. The second-order valence-electron chi connectivity index (χ2n) is 6.79. The van der Waals surface area contributed by atoms with E-state index >= 15 is 0 Å². The molecule has 4 rings (SSSR count). The van der Waals surface area contributed by atoms with Gasteiger partial charge in [0.25, 0.3) is 0 Å². The minimum atomic E-state index is -0.506. The maximum atomic E-state index is 13.2. The van der Waals surface area contributed by atoms with Crippen molar-refractivity contribution in [3.05, 3.63) is 65.5 Å². The summed E-state index contributed by atoms with van der Waals surface area (Å²) >= 11 is 0. The zero-order valence-corrected chi connectivity index (χ0v) is 13.8. The molecule has 1 N–H and O–H groups in total. The average molecular weight is 341 g/mol. The molecule has 0 radical (unpaired) electrons. The Morgan fingerprint density at radius 1 is 1.20 bits per heavy atom. The fourth-order valence-corrected chi connectivity index (χ4v) is 3.58. The SMILES string of the molecule is O=C(N1CCO[C@@H](c2cccc(O)c2)C1)C1(c2ccc(F)cc2)CC1. The lowest BCUT2D eigenvalue weighted by atomic mass is 9.93. The highest BCUT2D eigenvalue weighted by Gasteiger charge is 2.53. The molecule has 0 bridgehead atoms. The quantitative estimate of drug-likeness (QED) is 0.933. The Balaban J connectivity index is 1.53. The van der Waals surface area contributed by atoms with Crippen LogP contribution >= 0.6 is 0 Å². The largest absolute Gasteiger partial charge is 0.508 e. The van der Waals surface area contributed by atoms with E-state index in [0.29, 0.717) is 19.7 Å². The summed E-state index contributed by atoms with van der Waals surface area (Å²) in [5.74, 6) is -0.00981. The number of benzene rings is 2. The number of rotatable bonds is 3. The van der Waals surface area contributed by atoms with Gasteiger partial charge in [-0.1, -0.05) is 24.3 Å². The highest BCUT2D eigenvalue weighted by atomic mass is 19.1. The number of halogens is 1. The topological polar surface area (TPSA) is 49.8 Å². The van der Waals surface area contributed by atoms with Gasteiger partial charge in [0, 0.05) is 6.54 Å². The smallest absolute Gasteiger partial charge is 0.233 e. The number of amides is 1. The molecule has 1 aliphatic carbocycles. The van der Waals surface area contributed by atoms with Crippen LogP contribution < -0.4 is 0 Å². The molecule has 1 aliphatic heterocycles. The fourth-order valence-electron chi connectivity index (χ4n) is 3.58. The molecule has 5 heteroatoms. The molecular weight excluding hydrogens is 321 g/mol. The molecule has 0 unspecified atom stereocenters. The van der Waals surface area contributed by atoms with Gasteiger partial charge in [-0.15, -0.1) is 0 Å². The van der Waals surface area contributed by atoms with Crippen LogP contribution in [0.1, 0.15) is 30.1 Å². The van der Waals surface area contributed by atoms with Gasteiger partial charge in [0.2, 0.25) is 5.91 Å². The van der Waals surface area contributed by atoms with Crippen LogP contribution in [0.2, 0.25) is 0 Å². The zero-order chi connectivity index (χ0) is 17.4. The van der Waals surface area contributed by atoms with Crippen molar-refractivity contribution in [2.45, 2.75) is 24.4 Å². The van der Waals surface area contributed by atoms with Crippen molar-refractivity contribution in [3.8, 4) is 5.75 Å². The molecule has 1 heterocycles. The maximum absolute atomic E-state index is 13.2. The van der Waals surface area contributed by atoms with E-state index in [1.165, 1.54) is 12.1 Å². The fraction of sp³-hybridized carbons (Fsp3) is 0.350. The lowest BCUT2D eigenvalue weighted by molar-refractivity contribution is -0.141. The van der Waals surface area contributed by atoms with Gasteiger partial charge in [0.1, 0.15) is 17.7 Å². The molecule has 1 saturated heterocycles. The van der Waals surface area contributed by atoms with Crippen LogP contribution in [0.4, 0.5) is 4.39 Å². The normalized spacial score (nSPS) is 21.8. The molecule has 2 aromatic rings. The first-order valence-corrected chi connectivity index (χ1v) is 8.54. The number of hydrogen-bond acceptors (Lipinski definition) is 3. The number of nitrogens with zero attached hydrogens (tertiary/aromatic N) is 1. The van der Waals surface area contributed by atoms with Gasteiger partial charge < -0.3 is 14.7 Å². The predicted octanol–water partition coefficient (Wildman–Crippen LogP) is 3.16. The molecule has 4 nitrogen and oxygen atoms in total. The van der Waals surface area contributed by atoms with Crippen molar-refractivity contribution in [2.75, 3.05) is 19.7 Å². The van der Waals surface area contributed by atoms with Crippen LogP contribution in [0, 0.1) is 5.82 Å². The van der Waals surface area contributed by atoms with E-state index in [1.807, 2.05) is 11.0 Å². The van der Waals surface area contributed by atoms with E-state index in [2.05, 4.69) is 0 Å². The van der Waals surface area contributed by atoms with Gasteiger partial charge in [0.05, 0.1) is 18.6 Å². The lowest BCUT2D eigenvalue weighted by Crippen LogP contribution is -2.46. The van der Waals surface area contributed by atoms with Gasteiger partial charge in [-0.3, -0.25) is 4.79 Å². The molecule has 1 atom stereocenters. The van der Waals surface area contributed by atoms with Gasteiger partial charge in [0.15, 0.2) is 0 Å². The molecular formula is C20H20FNO3. The summed E-state index contributed by atoms with van der Waals surface area (Å²) < 4.78 is 19.0. The Morgan fingerprint density at radius 3 is 2.64 bits per heavy atom. The molecule has 2 aliphatic rings. The third-order valence-corrected chi connectivity index (χ3v) is 5.15. The number of aromatic hydroxyl groups is 1. The van der Waals surface area contributed by atoms with Crippen molar-refractivity contribution in [1.29, 1.82) is 0 Å². The van der Waals surface area contributed by atoms with Crippen LogP contribution in [0.15, 0.2) is 48.5 Å². The molecule has 2 fully saturated rings. The first-order chi connectivity index (χ1) is 12.1. The Labute approximate surface area is 145 Å². The van der Waals surface area contributed by atoms with Crippen LogP contribution in [-0.2, 0) is 14.9 Å². The molecule has 2 aromatic carbocycles. The Morgan fingerprint density at radius 2 is 1.96 bits per heavy atom. The highest BCUT2D eigenvalue weighted by Crippen LogP contribution is 2.50. The Kier molecular flexibility index (Phi) is 3.96. The van der Waals surface area contributed by atoms with Crippen molar-refractivity contribution >= 4 is 5.91 Å². The second kappa shape index (κ2) is 6.15. The van der Waals surface area contributed by atoms with Crippen molar-refractivity contribution in [3.63, 3.8) is 0 Å². The number of ether oxygens (including phenoxy) is 1. The number of phenolic OH excluding ortho intramolecular Hbond substituents is 1. The van der Waals surface area contributed by atoms with Crippen molar-refractivity contribution in [2.24, 2.45) is 0 Å². The van der Waals surface area contributed by atoms with Crippen molar-refractivity contribution in [1.82, 2.24) is 4.90 Å².